The first-order valence-electron chi connectivity index (χ1n) is 10.3. The van der Waals surface area contributed by atoms with Crippen LogP contribution in [-0.2, 0) is 32.2 Å². The zero-order valence-corrected chi connectivity index (χ0v) is 20.6. The molecule has 2 aliphatic rings. The van der Waals surface area contributed by atoms with E-state index in [9.17, 15) is 26.5 Å². The van der Waals surface area contributed by atoms with Crippen LogP contribution in [0.5, 0.6) is 0 Å². The van der Waals surface area contributed by atoms with Crippen LogP contribution in [0, 0.1) is 0 Å². The first-order valence-corrected chi connectivity index (χ1v) is 13.6. The molecule has 0 aliphatic heterocycles. The van der Waals surface area contributed by atoms with Gasteiger partial charge < -0.3 is 5.11 Å². The van der Waals surface area contributed by atoms with Crippen molar-refractivity contribution in [2.45, 2.75) is 48.5 Å². The quantitative estimate of drug-likeness (QED) is 0.292. The molecule has 0 aromatic heterocycles. The number of hydrogen-bond acceptors (Lipinski definition) is 5. The van der Waals surface area contributed by atoms with E-state index in [0.717, 1.165) is 5.56 Å². The van der Waals surface area contributed by atoms with Gasteiger partial charge in [0, 0.05) is 17.1 Å². The summed E-state index contributed by atoms with van der Waals surface area (Å²) in [6.07, 6.45) is 1.59. The molecule has 0 bridgehead atoms. The number of hydrogen-bond donors (Lipinski definition) is 3. The fraction of sp³-hybridized carbons (Fsp3) is 0.304. The van der Waals surface area contributed by atoms with Gasteiger partial charge in [-0.25, -0.2) is 13.1 Å². The summed E-state index contributed by atoms with van der Waals surface area (Å²) in [7, 11) is -8.08. The molecule has 1 aromatic rings. The Labute approximate surface area is 199 Å². The molecule has 178 valence electrons. The van der Waals surface area contributed by atoms with Gasteiger partial charge in [0.15, 0.2) is 0 Å². The van der Waals surface area contributed by atoms with Crippen molar-refractivity contribution in [1.82, 2.24) is 4.72 Å². The smallest absolute Gasteiger partial charge is 0.295 e. The molecule has 0 heterocycles. The van der Waals surface area contributed by atoms with Gasteiger partial charge in [-0.1, -0.05) is 35.9 Å². The van der Waals surface area contributed by atoms with E-state index in [0.29, 0.717) is 41.0 Å². The molecule has 33 heavy (non-hydrogen) atoms. The monoisotopic (exact) mass is 511 g/mol. The van der Waals surface area contributed by atoms with Crippen LogP contribution in [0.4, 0.5) is 0 Å². The zero-order chi connectivity index (χ0) is 24.4. The number of aliphatic hydroxyl groups is 1. The van der Waals surface area contributed by atoms with Crippen molar-refractivity contribution in [3.63, 3.8) is 0 Å². The topological polar surface area (TPSA) is 121 Å². The lowest BCUT2D eigenvalue weighted by molar-refractivity contribution is 0.0787. The van der Waals surface area contributed by atoms with E-state index in [2.05, 4.69) is 4.72 Å². The van der Waals surface area contributed by atoms with Gasteiger partial charge in [-0.3, -0.25) is 4.55 Å². The third kappa shape index (κ3) is 6.32. The minimum atomic E-state index is -4.44. The maximum atomic E-state index is 12.3. The summed E-state index contributed by atoms with van der Waals surface area (Å²) in [5, 5.41) is 10.7. The Bertz CT molecular complexity index is 1310. The molecule has 7 nitrogen and oxygen atoms in total. The Morgan fingerprint density at radius 1 is 0.909 bits per heavy atom. The zero-order valence-electron chi connectivity index (χ0n) is 18.2. The lowest BCUT2D eigenvalue weighted by Crippen LogP contribution is -2.24. The van der Waals surface area contributed by atoms with E-state index >= 15 is 0 Å². The van der Waals surface area contributed by atoms with E-state index in [1.54, 1.807) is 38.1 Å². The maximum absolute atomic E-state index is 12.3. The molecule has 0 saturated carbocycles. The van der Waals surface area contributed by atoms with Crippen molar-refractivity contribution in [3.05, 3.63) is 70.7 Å². The van der Waals surface area contributed by atoms with Crippen molar-refractivity contribution in [2.75, 3.05) is 6.54 Å². The molecule has 1 aromatic carbocycles. The number of fused-ring (bicyclic) bond motifs is 1. The standard InChI is InChI=1S/C23H26ClNO6S2/c1-23(2,26)17-6-12-20-16(15-22(33(29,30)31)21(20)13-7-17)5-3-4-14-25-32(27,28)19-10-8-18(24)9-11-19/h6-13,15,25-26H,3-5,14H2,1-2H3,(H,29,30,31). The van der Waals surface area contributed by atoms with Crippen LogP contribution in [0.1, 0.15) is 37.8 Å². The van der Waals surface area contributed by atoms with Gasteiger partial charge in [-0.05, 0) is 80.1 Å². The van der Waals surface area contributed by atoms with E-state index < -0.39 is 25.7 Å². The van der Waals surface area contributed by atoms with Gasteiger partial charge in [0.05, 0.1) is 10.5 Å². The molecule has 0 saturated heterocycles. The predicted octanol–water partition coefficient (Wildman–Crippen LogP) is 4.22. The number of sulfonamides is 1. The lowest BCUT2D eigenvalue weighted by atomic mass is 10.0. The Hall–Kier alpha value is -2.01. The van der Waals surface area contributed by atoms with Crippen molar-refractivity contribution in [3.8, 4) is 11.1 Å². The summed E-state index contributed by atoms with van der Waals surface area (Å²) >= 11 is 5.80. The molecule has 0 fully saturated rings. The van der Waals surface area contributed by atoms with Crippen molar-refractivity contribution < 1.29 is 26.5 Å². The van der Waals surface area contributed by atoms with Gasteiger partial charge >= 0.3 is 0 Å². The first kappa shape index (κ1) is 25.6. The number of halogens is 1. The van der Waals surface area contributed by atoms with Gasteiger partial charge in [0.1, 0.15) is 4.90 Å². The molecular weight excluding hydrogens is 486 g/mol. The number of unbranched alkanes of at least 4 members (excludes halogenated alkanes) is 1. The Balaban J connectivity index is 1.73. The number of nitrogens with one attached hydrogen (secondary N) is 1. The van der Waals surface area contributed by atoms with Crippen LogP contribution in [0.25, 0.3) is 11.1 Å². The van der Waals surface area contributed by atoms with Crippen molar-refractivity contribution >= 4 is 31.7 Å². The van der Waals surface area contributed by atoms with E-state index in [4.69, 9.17) is 11.6 Å². The highest BCUT2D eigenvalue weighted by atomic mass is 35.5. The van der Waals surface area contributed by atoms with Crippen LogP contribution in [0.15, 0.2) is 64.4 Å². The van der Waals surface area contributed by atoms with Gasteiger partial charge in [-0.15, -0.1) is 0 Å². The van der Waals surface area contributed by atoms with Gasteiger partial charge in [0.25, 0.3) is 10.1 Å². The normalized spacial score (nSPS) is 12.9. The van der Waals surface area contributed by atoms with Crippen LogP contribution in [-0.4, -0.2) is 33.0 Å². The second-order valence-electron chi connectivity index (χ2n) is 8.33. The second kappa shape index (κ2) is 9.69. The molecule has 0 radical (unpaired) electrons. The number of benzene rings is 1. The first-order chi connectivity index (χ1) is 15.3. The van der Waals surface area contributed by atoms with Crippen LogP contribution >= 0.6 is 11.6 Å². The summed E-state index contributed by atoms with van der Waals surface area (Å²) in [6.45, 7) is 3.47. The Morgan fingerprint density at radius 2 is 1.52 bits per heavy atom. The SMILES string of the molecule is CC(C)(O)c1ccc2c(CCCCNS(=O)(=O)c3ccc(Cl)cc3)cc(S(=O)(=O)O)c-2cc1. The molecule has 3 N–H and O–H groups in total. The highest BCUT2D eigenvalue weighted by molar-refractivity contribution is 7.89. The van der Waals surface area contributed by atoms with E-state index in [-0.39, 0.29) is 16.3 Å². The summed E-state index contributed by atoms with van der Waals surface area (Å²) in [5.74, 6) is 0. The number of aryl methyl sites for hydroxylation is 1. The highest BCUT2D eigenvalue weighted by Crippen LogP contribution is 2.36. The maximum Gasteiger partial charge on any atom is 0.295 e. The minimum Gasteiger partial charge on any atom is -0.386 e. The summed E-state index contributed by atoms with van der Waals surface area (Å²) in [4.78, 5) is -0.0596. The molecule has 10 heteroatoms. The fourth-order valence-electron chi connectivity index (χ4n) is 3.56. The van der Waals surface area contributed by atoms with Crippen LogP contribution in [0.3, 0.4) is 0 Å². The van der Waals surface area contributed by atoms with Crippen molar-refractivity contribution in [1.29, 1.82) is 0 Å². The third-order valence-corrected chi connectivity index (χ3v) is 7.96. The minimum absolute atomic E-state index is 0.127. The molecule has 3 rings (SSSR count). The predicted molar refractivity (Wildman–Crippen MR) is 128 cm³/mol. The largest absolute Gasteiger partial charge is 0.386 e. The summed E-state index contributed by atoms with van der Waals surface area (Å²) in [6, 6.07) is 14.0. The number of rotatable bonds is 9. The highest BCUT2D eigenvalue weighted by Gasteiger charge is 2.24. The van der Waals surface area contributed by atoms with Gasteiger partial charge in [-0.2, -0.15) is 8.42 Å². The summed E-state index contributed by atoms with van der Waals surface area (Å²) in [5.41, 5.74) is 1.22. The fourth-order valence-corrected chi connectivity index (χ4v) is 5.51. The van der Waals surface area contributed by atoms with Gasteiger partial charge in [0.2, 0.25) is 10.0 Å². The average Bonchev–Trinajstić information content (AvgIpc) is 2.90. The molecule has 0 spiro atoms. The third-order valence-electron chi connectivity index (χ3n) is 5.34. The Kier molecular flexibility index (Phi) is 7.52. The second-order valence-corrected chi connectivity index (χ2v) is 11.9. The lowest BCUT2D eigenvalue weighted by Gasteiger charge is -2.15. The molecule has 0 unspecified atom stereocenters. The van der Waals surface area contributed by atoms with Crippen LogP contribution < -0.4 is 4.72 Å². The molecular formula is C23H26ClNO6S2. The average molecular weight is 512 g/mol. The van der Waals surface area contributed by atoms with E-state index in [1.807, 2.05) is 0 Å². The molecule has 0 amide bonds. The Morgan fingerprint density at radius 3 is 2.09 bits per heavy atom. The molecule has 0 atom stereocenters. The van der Waals surface area contributed by atoms with Crippen LogP contribution in [0.2, 0.25) is 5.02 Å². The van der Waals surface area contributed by atoms with E-state index in [1.165, 1.54) is 30.3 Å². The van der Waals surface area contributed by atoms with Crippen molar-refractivity contribution in [2.24, 2.45) is 0 Å². The summed E-state index contributed by atoms with van der Waals surface area (Å²) < 4.78 is 60.7. The molecule has 2 aliphatic carbocycles.